The van der Waals surface area contributed by atoms with Gasteiger partial charge in [-0.2, -0.15) is 0 Å². The molecule has 1 aromatic rings. The number of carbonyl (C=O) groups excluding carboxylic acids is 3. The normalized spacial score (nSPS) is 13.5. The van der Waals surface area contributed by atoms with Crippen molar-refractivity contribution in [2.45, 2.75) is 60.4 Å². The molecule has 7 nitrogen and oxygen atoms in total. The zero-order valence-electron chi connectivity index (χ0n) is 21.6. The molecule has 0 aliphatic rings. The molecule has 0 saturated carbocycles. The quantitative estimate of drug-likeness (QED) is 0.322. The molecule has 0 saturated heterocycles. The molecule has 0 spiro atoms. The number of esters is 2. The largest absolute Gasteiger partial charge is 0.468 e. The van der Waals surface area contributed by atoms with Crippen LogP contribution in [0.25, 0.3) is 5.70 Å². The van der Waals surface area contributed by atoms with E-state index in [0.717, 1.165) is 0 Å². The van der Waals surface area contributed by atoms with Crippen LogP contribution >= 0.6 is 0 Å². The molecule has 1 atom stereocenters. The predicted octanol–water partition coefficient (Wildman–Crippen LogP) is 4.03. The van der Waals surface area contributed by atoms with E-state index in [1.807, 2.05) is 62.9 Å². The fourth-order valence-electron chi connectivity index (χ4n) is 4.36. The summed E-state index contributed by atoms with van der Waals surface area (Å²) in [5, 5.41) is 2.97. The molecule has 33 heavy (non-hydrogen) atoms. The SMILES string of the molecule is CCN(CC)/C(=C(\C(=O)OC)C(C(=O)NC(C)(C)CC(C)(C)C)C(=O)OC)c1ccccc1. The van der Waals surface area contributed by atoms with Crippen LogP contribution in [0.15, 0.2) is 35.9 Å². The van der Waals surface area contributed by atoms with Crippen molar-refractivity contribution >= 4 is 23.5 Å². The first kappa shape index (κ1) is 28.2. The lowest BCUT2D eigenvalue weighted by atomic mass is 9.81. The Morgan fingerprint density at radius 3 is 1.91 bits per heavy atom. The summed E-state index contributed by atoms with van der Waals surface area (Å²) in [7, 11) is 2.44. The highest BCUT2D eigenvalue weighted by atomic mass is 16.5. The molecule has 0 aliphatic carbocycles. The summed E-state index contributed by atoms with van der Waals surface area (Å²) in [6.07, 6.45) is 0.665. The minimum Gasteiger partial charge on any atom is -0.468 e. The summed E-state index contributed by atoms with van der Waals surface area (Å²) < 4.78 is 10.1. The van der Waals surface area contributed by atoms with Crippen LogP contribution in [0.4, 0.5) is 0 Å². The summed E-state index contributed by atoms with van der Waals surface area (Å²) >= 11 is 0. The van der Waals surface area contributed by atoms with Gasteiger partial charge in [-0.1, -0.05) is 51.1 Å². The number of methoxy groups -OCH3 is 2. The van der Waals surface area contributed by atoms with Gasteiger partial charge >= 0.3 is 11.9 Å². The fourth-order valence-corrected chi connectivity index (χ4v) is 4.36. The zero-order chi connectivity index (χ0) is 25.4. The van der Waals surface area contributed by atoms with Crippen molar-refractivity contribution in [2.24, 2.45) is 11.3 Å². The van der Waals surface area contributed by atoms with Crippen molar-refractivity contribution in [2.75, 3.05) is 27.3 Å². The minimum absolute atomic E-state index is 0.0386. The third kappa shape index (κ3) is 7.91. The monoisotopic (exact) mass is 460 g/mol. The number of hydrogen-bond acceptors (Lipinski definition) is 6. The third-order valence-electron chi connectivity index (χ3n) is 5.21. The van der Waals surface area contributed by atoms with Crippen LogP contribution in [0.5, 0.6) is 0 Å². The van der Waals surface area contributed by atoms with E-state index in [-0.39, 0.29) is 11.0 Å². The Hall–Kier alpha value is -2.83. The third-order valence-corrected chi connectivity index (χ3v) is 5.21. The number of benzene rings is 1. The number of amides is 1. The van der Waals surface area contributed by atoms with E-state index in [1.54, 1.807) is 0 Å². The smallest absolute Gasteiger partial charge is 0.337 e. The molecule has 1 unspecified atom stereocenters. The molecule has 1 rings (SSSR count). The van der Waals surface area contributed by atoms with E-state index >= 15 is 0 Å². The maximum atomic E-state index is 13.6. The van der Waals surface area contributed by atoms with Crippen molar-refractivity contribution < 1.29 is 23.9 Å². The van der Waals surface area contributed by atoms with Crippen LogP contribution in [-0.2, 0) is 23.9 Å². The first-order chi connectivity index (χ1) is 15.3. The highest BCUT2D eigenvalue weighted by Crippen LogP contribution is 2.31. The standard InChI is InChI=1S/C26H40N2O5/c1-10-28(11-2)21(18-15-13-12-14-16-18)19(23(30)32-8)20(24(31)33-9)22(29)27-26(6,7)17-25(3,4)5/h12-16,20H,10-11,17H2,1-9H3,(H,27,29)/b21-19-. The second-order valence-corrected chi connectivity index (χ2v) is 9.86. The molecule has 1 amide bonds. The Bertz CT molecular complexity index is 849. The Balaban J connectivity index is 3.80. The van der Waals surface area contributed by atoms with Gasteiger partial charge in [0.1, 0.15) is 0 Å². The topological polar surface area (TPSA) is 84.9 Å². The van der Waals surface area contributed by atoms with Crippen molar-refractivity contribution in [3.05, 3.63) is 41.5 Å². The number of rotatable bonds is 10. The Morgan fingerprint density at radius 1 is 0.939 bits per heavy atom. The Kier molecular flexibility index (Phi) is 10.1. The van der Waals surface area contributed by atoms with Crippen molar-refractivity contribution in [1.82, 2.24) is 10.2 Å². The molecule has 0 bridgehead atoms. The van der Waals surface area contributed by atoms with Gasteiger partial charge in [0.05, 0.1) is 25.5 Å². The summed E-state index contributed by atoms with van der Waals surface area (Å²) in [5.41, 5.74) is 0.465. The second-order valence-electron chi connectivity index (χ2n) is 9.86. The van der Waals surface area contributed by atoms with Crippen molar-refractivity contribution in [3.63, 3.8) is 0 Å². The first-order valence-corrected chi connectivity index (χ1v) is 11.3. The molecule has 0 heterocycles. The predicted molar refractivity (Wildman–Crippen MR) is 130 cm³/mol. The lowest BCUT2D eigenvalue weighted by Crippen LogP contribution is -2.51. The average molecular weight is 461 g/mol. The van der Waals surface area contributed by atoms with Crippen LogP contribution < -0.4 is 5.32 Å². The molecule has 1 aromatic carbocycles. The minimum atomic E-state index is -1.49. The number of carbonyl (C=O) groups is 3. The lowest BCUT2D eigenvalue weighted by Gasteiger charge is -2.35. The number of ether oxygens (including phenoxy) is 2. The summed E-state index contributed by atoms with van der Waals surface area (Å²) in [6, 6.07) is 9.22. The van der Waals surface area contributed by atoms with Gasteiger partial charge in [0.25, 0.3) is 0 Å². The Labute approximate surface area is 198 Å². The summed E-state index contributed by atoms with van der Waals surface area (Å²) in [4.78, 5) is 41.6. The van der Waals surface area contributed by atoms with Gasteiger partial charge in [0.15, 0.2) is 5.92 Å². The van der Waals surface area contributed by atoms with Crippen LogP contribution in [0.2, 0.25) is 0 Å². The number of nitrogens with zero attached hydrogens (tertiary/aromatic N) is 1. The van der Waals surface area contributed by atoms with E-state index in [0.29, 0.717) is 30.8 Å². The molecule has 0 aliphatic heterocycles. The zero-order valence-corrected chi connectivity index (χ0v) is 21.6. The van der Waals surface area contributed by atoms with Gasteiger partial charge in [0, 0.05) is 18.6 Å². The maximum absolute atomic E-state index is 13.6. The van der Waals surface area contributed by atoms with E-state index in [1.165, 1.54) is 14.2 Å². The van der Waals surface area contributed by atoms with Gasteiger partial charge in [-0.25, -0.2) is 4.79 Å². The van der Waals surface area contributed by atoms with Gasteiger partial charge in [-0.3, -0.25) is 9.59 Å². The molecule has 184 valence electrons. The highest BCUT2D eigenvalue weighted by molar-refractivity contribution is 6.12. The van der Waals surface area contributed by atoms with Crippen LogP contribution in [0.3, 0.4) is 0 Å². The van der Waals surface area contributed by atoms with Crippen LogP contribution in [-0.4, -0.2) is 55.6 Å². The molecule has 7 heteroatoms. The fraction of sp³-hybridized carbons (Fsp3) is 0.577. The van der Waals surface area contributed by atoms with Crippen molar-refractivity contribution in [3.8, 4) is 0 Å². The number of hydrogen-bond donors (Lipinski definition) is 1. The molecule has 0 aromatic heterocycles. The van der Waals surface area contributed by atoms with E-state index < -0.39 is 29.3 Å². The number of nitrogens with one attached hydrogen (secondary N) is 1. The van der Waals surface area contributed by atoms with Gasteiger partial charge in [0.2, 0.25) is 5.91 Å². The molecule has 1 N–H and O–H groups in total. The maximum Gasteiger partial charge on any atom is 0.337 e. The van der Waals surface area contributed by atoms with Gasteiger partial charge in [-0.05, 0) is 45.1 Å². The second kappa shape index (κ2) is 11.9. The molecule has 0 radical (unpaired) electrons. The van der Waals surface area contributed by atoms with Crippen molar-refractivity contribution in [1.29, 1.82) is 0 Å². The van der Waals surface area contributed by atoms with Crippen LogP contribution in [0.1, 0.15) is 60.5 Å². The molecular weight excluding hydrogens is 420 g/mol. The molecular formula is C26H40N2O5. The summed E-state index contributed by atoms with van der Waals surface area (Å²) in [5.74, 6) is -3.66. The van der Waals surface area contributed by atoms with Crippen LogP contribution in [0, 0.1) is 11.3 Å². The van der Waals surface area contributed by atoms with E-state index in [2.05, 4.69) is 26.1 Å². The Morgan fingerprint density at radius 2 is 1.48 bits per heavy atom. The van der Waals surface area contributed by atoms with Gasteiger partial charge in [-0.15, -0.1) is 0 Å². The average Bonchev–Trinajstić information content (AvgIpc) is 2.73. The van der Waals surface area contributed by atoms with Gasteiger partial charge < -0.3 is 19.7 Å². The lowest BCUT2D eigenvalue weighted by molar-refractivity contribution is -0.152. The molecule has 0 fully saturated rings. The van der Waals surface area contributed by atoms with E-state index in [4.69, 9.17) is 9.47 Å². The first-order valence-electron chi connectivity index (χ1n) is 11.3. The van der Waals surface area contributed by atoms with E-state index in [9.17, 15) is 14.4 Å². The summed E-state index contributed by atoms with van der Waals surface area (Å²) in [6.45, 7) is 15.0. The highest BCUT2D eigenvalue weighted by Gasteiger charge is 2.41.